The van der Waals surface area contributed by atoms with Crippen LogP contribution in [0.1, 0.15) is 30.8 Å². The lowest BCUT2D eigenvalue weighted by Crippen LogP contribution is -2.52. The molecule has 2 N–H and O–H groups in total. The number of aromatic nitrogens is 3. The number of guanidine groups is 1. The van der Waals surface area contributed by atoms with Gasteiger partial charge < -0.3 is 15.4 Å². The molecule has 9 heteroatoms. The van der Waals surface area contributed by atoms with Gasteiger partial charge in [0.2, 0.25) is 0 Å². The van der Waals surface area contributed by atoms with Crippen LogP contribution in [0.5, 0.6) is 0 Å². The molecule has 0 radical (unpaired) electrons. The molecule has 0 saturated carbocycles. The Morgan fingerprint density at radius 3 is 2.48 bits per heavy atom. The lowest BCUT2D eigenvalue weighted by Gasteiger charge is -2.37. The largest absolute Gasteiger partial charge is 0.379 e. The molecule has 1 fully saturated rings. The smallest absolute Gasteiger partial charge is 0.191 e. The second-order valence-electron chi connectivity index (χ2n) is 8.13. The molecule has 1 atom stereocenters. The molecule has 0 spiro atoms. The van der Waals surface area contributed by atoms with Crippen LogP contribution in [-0.2, 0) is 11.3 Å². The minimum absolute atomic E-state index is 0. The summed E-state index contributed by atoms with van der Waals surface area (Å²) in [6.07, 6.45) is 1.89. The van der Waals surface area contributed by atoms with E-state index in [1.807, 2.05) is 36.9 Å². The second kappa shape index (κ2) is 12.4. The molecule has 1 saturated heterocycles. The lowest BCUT2D eigenvalue weighted by molar-refractivity contribution is 0.00752. The van der Waals surface area contributed by atoms with Crippen LogP contribution in [0.2, 0.25) is 0 Å². The van der Waals surface area contributed by atoms with Crippen molar-refractivity contribution in [3.8, 4) is 5.82 Å². The van der Waals surface area contributed by atoms with E-state index in [1.54, 1.807) is 7.05 Å². The van der Waals surface area contributed by atoms with Gasteiger partial charge in [0.15, 0.2) is 11.8 Å². The first-order valence-corrected chi connectivity index (χ1v) is 10.7. The summed E-state index contributed by atoms with van der Waals surface area (Å²) in [6.45, 7) is 13.7. The van der Waals surface area contributed by atoms with Gasteiger partial charge >= 0.3 is 0 Å². The Morgan fingerprint density at radius 1 is 1.19 bits per heavy atom. The molecule has 2 aromatic heterocycles. The number of pyridine rings is 1. The number of ether oxygens (including phenoxy) is 1. The average Bonchev–Trinajstić information content (AvgIpc) is 3.09. The van der Waals surface area contributed by atoms with Crippen molar-refractivity contribution < 1.29 is 4.74 Å². The van der Waals surface area contributed by atoms with Gasteiger partial charge in [0.25, 0.3) is 0 Å². The summed E-state index contributed by atoms with van der Waals surface area (Å²) in [5, 5.41) is 11.4. The third-order valence-corrected chi connectivity index (χ3v) is 5.48. The summed E-state index contributed by atoms with van der Waals surface area (Å²) in [5.41, 5.74) is 3.17. The highest BCUT2D eigenvalue weighted by molar-refractivity contribution is 14.0. The minimum atomic E-state index is 0. The van der Waals surface area contributed by atoms with E-state index < -0.39 is 0 Å². The van der Waals surface area contributed by atoms with Gasteiger partial charge in [-0.25, -0.2) is 9.67 Å². The number of halogens is 1. The number of rotatable bonds is 7. The number of aryl methyl sites for hydroxylation is 2. The predicted molar refractivity (Wildman–Crippen MR) is 135 cm³/mol. The summed E-state index contributed by atoms with van der Waals surface area (Å²) >= 11 is 0. The van der Waals surface area contributed by atoms with E-state index in [2.05, 4.69) is 50.5 Å². The summed E-state index contributed by atoms with van der Waals surface area (Å²) < 4.78 is 7.36. The Balaban J connectivity index is 0.00000341. The molecule has 3 heterocycles. The maximum Gasteiger partial charge on any atom is 0.191 e. The van der Waals surface area contributed by atoms with Crippen molar-refractivity contribution in [2.75, 3.05) is 39.9 Å². The zero-order valence-electron chi connectivity index (χ0n) is 19.3. The second-order valence-corrected chi connectivity index (χ2v) is 8.13. The highest BCUT2D eigenvalue weighted by Gasteiger charge is 2.23. The molecule has 0 amide bonds. The lowest BCUT2D eigenvalue weighted by atomic mass is 10.0. The highest BCUT2D eigenvalue weighted by Crippen LogP contribution is 2.12. The summed E-state index contributed by atoms with van der Waals surface area (Å²) in [4.78, 5) is 11.5. The van der Waals surface area contributed by atoms with Gasteiger partial charge in [-0.1, -0.05) is 19.9 Å². The third-order valence-electron chi connectivity index (χ3n) is 5.48. The SMILES string of the molecule is CN=C(NCc1ccc(-n2nc(C)cc2C)nc1)NCC(C(C)C)N1CCOCC1.I. The predicted octanol–water partition coefficient (Wildman–Crippen LogP) is 2.52. The number of hydrogen-bond donors (Lipinski definition) is 2. The first-order chi connectivity index (χ1) is 14.5. The van der Waals surface area contributed by atoms with Gasteiger partial charge in [0.1, 0.15) is 0 Å². The Kier molecular flexibility index (Phi) is 10.2. The standard InChI is InChI=1S/C22H35N7O.HI/c1-16(2)20(28-8-10-30-11-9-28)15-26-22(23-5)25-14-19-6-7-21(24-13-19)29-18(4)12-17(3)27-29;/h6-7,12-13,16,20H,8-11,14-15H2,1-5H3,(H2,23,25,26);1H. The van der Waals surface area contributed by atoms with Crippen LogP contribution in [-0.4, -0.2) is 71.6 Å². The molecule has 172 valence electrons. The van der Waals surface area contributed by atoms with E-state index in [0.29, 0.717) is 18.5 Å². The maximum atomic E-state index is 5.50. The van der Waals surface area contributed by atoms with Gasteiger partial charge in [-0.3, -0.25) is 9.89 Å². The van der Waals surface area contributed by atoms with Crippen LogP contribution in [0.4, 0.5) is 0 Å². The molecule has 1 aliphatic rings. The van der Waals surface area contributed by atoms with Gasteiger partial charge in [-0.2, -0.15) is 5.10 Å². The average molecular weight is 541 g/mol. The van der Waals surface area contributed by atoms with E-state index in [-0.39, 0.29) is 24.0 Å². The fraction of sp³-hybridized carbons (Fsp3) is 0.591. The van der Waals surface area contributed by atoms with Gasteiger partial charge in [0.05, 0.1) is 18.9 Å². The molecule has 1 aliphatic heterocycles. The summed E-state index contributed by atoms with van der Waals surface area (Å²) in [6, 6.07) is 6.58. The quantitative estimate of drug-likeness (QED) is 0.319. The topological polar surface area (TPSA) is 79.6 Å². The van der Waals surface area contributed by atoms with Crippen LogP contribution in [0.3, 0.4) is 0 Å². The van der Waals surface area contributed by atoms with Crippen molar-refractivity contribution in [2.24, 2.45) is 10.9 Å². The first-order valence-electron chi connectivity index (χ1n) is 10.7. The van der Waals surface area contributed by atoms with Crippen molar-refractivity contribution in [3.63, 3.8) is 0 Å². The number of nitrogens with zero attached hydrogens (tertiary/aromatic N) is 5. The number of morpholine rings is 1. The molecular formula is C22H36IN7O. The molecule has 0 bridgehead atoms. The number of hydrogen-bond acceptors (Lipinski definition) is 5. The molecule has 31 heavy (non-hydrogen) atoms. The van der Waals surface area contributed by atoms with Crippen LogP contribution in [0.25, 0.3) is 5.82 Å². The van der Waals surface area contributed by atoms with E-state index >= 15 is 0 Å². The molecule has 8 nitrogen and oxygen atoms in total. The van der Waals surface area contributed by atoms with Gasteiger partial charge in [-0.05, 0) is 37.5 Å². The molecule has 2 aromatic rings. The molecule has 1 unspecified atom stereocenters. The summed E-state index contributed by atoms with van der Waals surface area (Å²) in [7, 11) is 1.80. The zero-order chi connectivity index (χ0) is 21.5. The van der Waals surface area contributed by atoms with E-state index in [4.69, 9.17) is 4.74 Å². The Labute approximate surface area is 202 Å². The van der Waals surface area contributed by atoms with E-state index in [9.17, 15) is 0 Å². The maximum absolute atomic E-state index is 5.50. The fourth-order valence-electron chi connectivity index (χ4n) is 3.81. The van der Waals surface area contributed by atoms with Crippen molar-refractivity contribution in [1.29, 1.82) is 0 Å². The third kappa shape index (κ3) is 7.15. The Bertz CT molecular complexity index is 829. The Hall–Kier alpha value is -1.72. The summed E-state index contributed by atoms with van der Waals surface area (Å²) in [5.74, 6) is 2.19. The van der Waals surface area contributed by atoms with Crippen molar-refractivity contribution in [1.82, 2.24) is 30.3 Å². The zero-order valence-corrected chi connectivity index (χ0v) is 21.6. The van der Waals surface area contributed by atoms with Crippen molar-refractivity contribution in [3.05, 3.63) is 41.3 Å². The van der Waals surface area contributed by atoms with Crippen LogP contribution in [0.15, 0.2) is 29.4 Å². The number of nitrogens with one attached hydrogen (secondary N) is 2. The monoisotopic (exact) mass is 541 g/mol. The Morgan fingerprint density at radius 2 is 1.94 bits per heavy atom. The van der Waals surface area contributed by atoms with Crippen LogP contribution < -0.4 is 10.6 Å². The molecular weight excluding hydrogens is 505 g/mol. The van der Waals surface area contributed by atoms with Crippen LogP contribution in [0, 0.1) is 19.8 Å². The number of aliphatic imine (C=N–C) groups is 1. The molecule has 0 aliphatic carbocycles. The molecule has 0 aromatic carbocycles. The van der Waals surface area contributed by atoms with Crippen molar-refractivity contribution >= 4 is 29.9 Å². The molecule has 3 rings (SSSR count). The fourth-order valence-corrected chi connectivity index (χ4v) is 3.81. The highest BCUT2D eigenvalue weighted by atomic mass is 127. The first kappa shape index (κ1) is 25.5. The van der Waals surface area contributed by atoms with Gasteiger partial charge in [0, 0.05) is 51.2 Å². The van der Waals surface area contributed by atoms with Crippen molar-refractivity contribution in [2.45, 2.75) is 40.3 Å². The minimum Gasteiger partial charge on any atom is -0.379 e. The normalized spacial score (nSPS) is 16.1. The van der Waals surface area contributed by atoms with Gasteiger partial charge in [-0.15, -0.1) is 24.0 Å². The van der Waals surface area contributed by atoms with E-state index in [1.165, 1.54) is 0 Å². The van der Waals surface area contributed by atoms with E-state index in [0.717, 1.165) is 61.6 Å². The van der Waals surface area contributed by atoms with Crippen LogP contribution >= 0.6 is 24.0 Å².